The van der Waals surface area contributed by atoms with E-state index in [-0.39, 0.29) is 21.8 Å². The van der Waals surface area contributed by atoms with Gasteiger partial charge in [-0.05, 0) is 47.6 Å². The molecule has 2 aromatic carbocycles. The van der Waals surface area contributed by atoms with Crippen LogP contribution in [0.4, 0.5) is 0 Å². The minimum absolute atomic E-state index is 0.123. The van der Waals surface area contributed by atoms with Crippen LogP contribution in [0.5, 0.6) is 11.5 Å². The van der Waals surface area contributed by atoms with Crippen molar-refractivity contribution in [3.63, 3.8) is 0 Å². The molecule has 2 N–H and O–H groups in total. The van der Waals surface area contributed by atoms with E-state index in [1.807, 2.05) is 12.1 Å². The molecule has 0 radical (unpaired) electrons. The SMILES string of the molecule is CC(Sc1cc(C(C)(C)C)c(O)c(C(C)(C)C)c1)c1ccc(O)cc1. The van der Waals surface area contributed by atoms with Gasteiger partial charge >= 0.3 is 0 Å². The van der Waals surface area contributed by atoms with Gasteiger partial charge < -0.3 is 10.2 Å². The molecule has 0 fully saturated rings. The van der Waals surface area contributed by atoms with E-state index >= 15 is 0 Å². The van der Waals surface area contributed by atoms with Crippen molar-refractivity contribution in [3.8, 4) is 11.5 Å². The van der Waals surface area contributed by atoms with E-state index in [9.17, 15) is 10.2 Å². The van der Waals surface area contributed by atoms with Crippen LogP contribution >= 0.6 is 11.8 Å². The lowest BCUT2D eigenvalue weighted by Gasteiger charge is -2.28. The molecule has 0 aliphatic heterocycles. The molecule has 3 heteroatoms. The maximum atomic E-state index is 10.8. The van der Waals surface area contributed by atoms with E-state index in [4.69, 9.17) is 0 Å². The van der Waals surface area contributed by atoms with Gasteiger partial charge in [0.05, 0.1) is 0 Å². The molecule has 0 spiro atoms. The van der Waals surface area contributed by atoms with Gasteiger partial charge in [-0.1, -0.05) is 53.7 Å². The van der Waals surface area contributed by atoms with Crippen LogP contribution in [-0.2, 0) is 10.8 Å². The van der Waals surface area contributed by atoms with Crippen molar-refractivity contribution >= 4 is 11.8 Å². The molecule has 0 saturated heterocycles. The second kappa shape index (κ2) is 6.95. The maximum Gasteiger partial charge on any atom is 0.123 e. The summed E-state index contributed by atoms with van der Waals surface area (Å²) in [6.45, 7) is 15.0. The lowest BCUT2D eigenvalue weighted by atomic mass is 9.79. The quantitative estimate of drug-likeness (QED) is 0.611. The first-order valence-corrected chi connectivity index (χ1v) is 9.61. The number of thioether (sulfide) groups is 1. The molecule has 1 unspecified atom stereocenters. The second-order valence-corrected chi connectivity index (χ2v) is 10.1. The summed E-state index contributed by atoms with van der Waals surface area (Å²) in [6, 6.07) is 11.6. The zero-order valence-electron chi connectivity index (χ0n) is 16.3. The fourth-order valence-corrected chi connectivity index (χ4v) is 3.91. The van der Waals surface area contributed by atoms with E-state index in [0.717, 1.165) is 16.0 Å². The summed E-state index contributed by atoms with van der Waals surface area (Å²) in [7, 11) is 0. The Morgan fingerprint density at radius 2 is 1.24 bits per heavy atom. The number of aromatic hydroxyl groups is 2. The van der Waals surface area contributed by atoms with Crippen LogP contribution in [0.15, 0.2) is 41.3 Å². The average molecular weight is 359 g/mol. The fourth-order valence-electron chi connectivity index (χ4n) is 2.84. The van der Waals surface area contributed by atoms with E-state index < -0.39 is 0 Å². The molecule has 0 aliphatic rings. The van der Waals surface area contributed by atoms with Crippen molar-refractivity contribution in [3.05, 3.63) is 53.1 Å². The Bertz CT molecular complexity index is 699. The van der Waals surface area contributed by atoms with E-state index in [2.05, 4.69) is 60.6 Å². The molecule has 0 bridgehead atoms. The number of hydrogen-bond donors (Lipinski definition) is 2. The van der Waals surface area contributed by atoms with Crippen molar-refractivity contribution in [2.75, 3.05) is 0 Å². The van der Waals surface area contributed by atoms with Crippen LogP contribution in [0.2, 0.25) is 0 Å². The van der Waals surface area contributed by atoms with Gasteiger partial charge in [0.15, 0.2) is 0 Å². The highest BCUT2D eigenvalue weighted by molar-refractivity contribution is 7.99. The molecule has 0 aromatic heterocycles. The molecule has 0 aliphatic carbocycles. The normalized spacial score (nSPS) is 13.7. The van der Waals surface area contributed by atoms with Crippen LogP contribution in [0.3, 0.4) is 0 Å². The minimum Gasteiger partial charge on any atom is -0.508 e. The van der Waals surface area contributed by atoms with Gasteiger partial charge in [-0.15, -0.1) is 11.8 Å². The fraction of sp³-hybridized carbons (Fsp3) is 0.455. The molecule has 0 saturated carbocycles. The maximum absolute atomic E-state index is 10.8. The zero-order valence-corrected chi connectivity index (χ0v) is 17.2. The van der Waals surface area contributed by atoms with Crippen molar-refractivity contribution in [1.82, 2.24) is 0 Å². The molecular formula is C22H30O2S. The highest BCUT2D eigenvalue weighted by atomic mass is 32.2. The summed E-state index contributed by atoms with van der Waals surface area (Å²) >= 11 is 1.78. The highest BCUT2D eigenvalue weighted by Gasteiger charge is 2.27. The largest absolute Gasteiger partial charge is 0.508 e. The first-order chi connectivity index (χ1) is 11.4. The van der Waals surface area contributed by atoms with Gasteiger partial charge in [-0.3, -0.25) is 0 Å². The third kappa shape index (κ3) is 4.72. The van der Waals surface area contributed by atoms with Crippen LogP contribution in [0, 0.1) is 0 Å². The molecule has 136 valence electrons. The zero-order chi connectivity index (χ0) is 19.0. The topological polar surface area (TPSA) is 40.5 Å². The number of phenols is 2. The van der Waals surface area contributed by atoms with Crippen molar-refractivity contribution in [1.29, 1.82) is 0 Å². The summed E-state index contributed by atoms with van der Waals surface area (Å²) in [5.41, 5.74) is 2.90. The Morgan fingerprint density at radius 3 is 1.64 bits per heavy atom. The monoisotopic (exact) mass is 358 g/mol. The first kappa shape index (κ1) is 19.7. The van der Waals surface area contributed by atoms with Gasteiger partial charge in [0.25, 0.3) is 0 Å². The molecule has 2 rings (SSSR count). The molecular weight excluding hydrogens is 328 g/mol. The highest BCUT2D eigenvalue weighted by Crippen LogP contribution is 2.44. The second-order valence-electron chi connectivity index (χ2n) is 8.72. The summed E-state index contributed by atoms with van der Waals surface area (Å²) in [4.78, 5) is 1.16. The van der Waals surface area contributed by atoms with Crippen LogP contribution < -0.4 is 0 Å². The molecule has 1 atom stereocenters. The summed E-state index contributed by atoms with van der Waals surface area (Å²) < 4.78 is 0. The summed E-state index contributed by atoms with van der Waals surface area (Å²) in [6.07, 6.45) is 0. The van der Waals surface area contributed by atoms with Crippen molar-refractivity contribution in [2.45, 2.75) is 69.4 Å². The van der Waals surface area contributed by atoms with Gasteiger partial charge in [0, 0.05) is 21.3 Å². The molecule has 2 aromatic rings. The molecule has 0 heterocycles. The van der Waals surface area contributed by atoms with Crippen LogP contribution in [0.25, 0.3) is 0 Å². The van der Waals surface area contributed by atoms with Crippen LogP contribution in [0.1, 0.15) is 70.4 Å². The van der Waals surface area contributed by atoms with Gasteiger partial charge in [0.1, 0.15) is 11.5 Å². The van der Waals surface area contributed by atoms with E-state index in [0.29, 0.717) is 5.75 Å². The predicted molar refractivity (Wildman–Crippen MR) is 108 cm³/mol. The van der Waals surface area contributed by atoms with Gasteiger partial charge in [-0.25, -0.2) is 0 Å². The van der Waals surface area contributed by atoms with Crippen molar-refractivity contribution in [2.24, 2.45) is 0 Å². The van der Waals surface area contributed by atoms with Gasteiger partial charge in [-0.2, -0.15) is 0 Å². The number of benzene rings is 2. The molecule has 25 heavy (non-hydrogen) atoms. The Hall–Kier alpha value is -1.61. The first-order valence-electron chi connectivity index (χ1n) is 8.73. The van der Waals surface area contributed by atoms with Crippen LogP contribution in [-0.4, -0.2) is 10.2 Å². The summed E-state index contributed by atoms with van der Waals surface area (Å²) in [5.74, 6) is 0.706. The van der Waals surface area contributed by atoms with Crippen molar-refractivity contribution < 1.29 is 10.2 Å². The Kier molecular flexibility index (Phi) is 5.48. The lowest BCUT2D eigenvalue weighted by Crippen LogP contribution is -2.17. The number of phenolic OH excluding ortho intramolecular Hbond substituents is 2. The van der Waals surface area contributed by atoms with Gasteiger partial charge in [0.2, 0.25) is 0 Å². The molecule has 2 nitrogen and oxygen atoms in total. The smallest absolute Gasteiger partial charge is 0.123 e. The third-order valence-electron chi connectivity index (χ3n) is 4.37. The summed E-state index contributed by atoms with van der Waals surface area (Å²) in [5, 5.41) is 20.6. The third-order valence-corrected chi connectivity index (χ3v) is 5.51. The average Bonchev–Trinajstić information content (AvgIpc) is 2.47. The molecule has 0 amide bonds. The predicted octanol–water partition coefficient (Wildman–Crippen LogP) is 6.55. The van der Waals surface area contributed by atoms with E-state index in [1.54, 1.807) is 23.9 Å². The number of rotatable bonds is 3. The number of hydrogen-bond acceptors (Lipinski definition) is 3. The Labute approximate surface area is 156 Å². The Morgan fingerprint density at radius 1 is 0.800 bits per heavy atom. The minimum atomic E-state index is -0.123. The Balaban J connectivity index is 2.45. The lowest BCUT2D eigenvalue weighted by molar-refractivity contribution is 0.422. The van der Waals surface area contributed by atoms with E-state index in [1.165, 1.54) is 5.56 Å². The standard InChI is InChI=1S/C22H30O2S/c1-14(15-8-10-16(23)11-9-15)25-17-12-18(21(2,3)4)20(24)19(13-17)22(5,6)7/h8-14,23-24H,1-7H3.